The molecule has 1 spiro atoms. The monoisotopic (exact) mass is 513 g/mol. The van der Waals surface area contributed by atoms with Crippen molar-refractivity contribution in [3.8, 4) is 0 Å². The Bertz CT molecular complexity index is 1120. The lowest BCUT2D eigenvalue weighted by Crippen LogP contribution is -2.58. The Morgan fingerprint density at radius 3 is 2.64 bits per heavy atom. The van der Waals surface area contributed by atoms with E-state index in [4.69, 9.17) is 16.3 Å². The summed E-state index contributed by atoms with van der Waals surface area (Å²) in [5.74, 6) is -1.29. The van der Waals surface area contributed by atoms with Gasteiger partial charge in [0.1, 0.15) is 11.6 Å². The highest BCUT2D eigenvalue weighted by molar-refractivity contribution is 6.31. The molecular formula is C28H36ClN3O4. The molecule has 3 aliphatic heterocycles. The van der Waals surface area contributed by atoms with Gasteiger partial charge in [0.05, 0.1) is 17.9 Å². The average molecular weight is 514 g/mol. The SMILES string of the molecule is Cc1ccc(NC(=O)[C@H]2[C@H]3C=C[C@@]4(O3)[C@H]2C(=O)N(C(C)C)[C@@H]4C(=O)N[C@@H]2CCC[C@H](C)[C@@H]2C)cc1Cl. The average Bonchev–Trinajstić information content (AvgIpc) is 3.46. The molecule has 2 saturated heterocycles. The second kappa shape index (κ2) is 9.18. The minimum Gasteiger partial charge on any atom is -0.359 e. The maximum Gasteiger partial charge on any atom is 0.246 e. The summed E-state index contributed by atoms with van der Waals surface area (Å²) in [6.07, 6.45) is 6.30. The summed E-state index contributed by atoms with van der Waals surface area (Å²) in [5.41, 5.74) is 0.332. The summed E-state index contributed by atoms with van der Waals surface area (Å²) in [6.45, 7) is 10.1. The number of ether oxygens (including phenoxy) is 1. The molecule has 2 bridgehead atoms. The molecule has 3 fully saturated rings. The molecule has 1 aromatic rings. The molecule has 3 heterocycles. The highest BCUT2D eigenvalue weighted by Crippen LogP contribution is 2.55. The number of hydrogen-bond acceptors (Lipinski definition) is 4. The third-order valence-corrected chi connectivity index (χ3v) is 9.30. The van der Waals surface area contributed by atoms with Crippen LogP contribution in [-0.2, 0) is 19.1 Å². The quantitative estimate of drug-likeness (QED) is 0.580. The van der Waals surface area contributed by atoms with Gasteiger partial charge in [0.25, 0.3) is 0 Å². The molecule has 0 radical (unpaired) electrons. The number of likely N-dealkylation sites (tertiary alicyclic amines) is 1. The smallest absolute Gasteiger partial charge is 0.246 e. The van der Waals surface area contributed by atoms with Gasteiger partial charge in [-0.3, -0.25) is 14.4 Å². The molecule has 4 aliphatic rings. The summed E-state index contributed by atoms with van der Waals surface area (Å²) in [6, 6.07) is 4.37. The second-order valence-electron chi connectivity index (χ2n) is 11.4. The fourth-order valence-corrected chi connectivity index (χ4v) is 6.89. The topological polar surface area (TPSA) is 87.7 Å². The van der Waals surface area contributed by atoms with Crippen molar-refractivity contribution in [1.82, 2.24) is 10.2 Å². The van der Waals surface area contributed by atoms with Gasteiger partial charge >= 0.3 is 0 Å². The van der Waals surface area contributed by atoms with E-state index >= 15 is 0 Å². The normalized spacial score (nSPS) is 36.9. The summed E-state index contributed by atoms with van der Waals surface area (Å²) < 4.78 is 6.40. The van der Waals surface area contributed by atoms with Crippen LogP contribution >= 0.6 is 11.6 Å². The Labute approximate surface area is 218 Å². The zero-order chi connectivity index (χ0) is 25.9. The van der Waals surface area contributed by atoms with Crippen molar-refractivity contribution in [2.45, 2.75) is 83.7 Å². The molecule has 8 atom stereocenters. The number of anilines is 1. The van der Waals surface area contributed by atoms with E-state index in [0.717, 1.165) is 24.8 Å². The summed E-state index contributed by atoms with van der Waals surface area (Å²) in [4.78, 5) is 42.8. The van der Waals surface area contributed by atoms with Crippen LogP contribution in [0.1, 0.15) is 52.5 Å². The molecule has 1 saturated carbocycles. The van der Waals surface area contributed by atoms with Gasteiger partial charge in [-0.05, 0) is 56.7 Å². The van der Waals surface area contributed by atoms with E-state index in [0.29, 0.717) is 22.5 Å². The number of aryl methyl sites for hydroxylation is 1. The van der Waals surface area contributed by atoms with Crippen LogP contribution in [0.25, 0.3) is 0 Å². The Morgan fingerprint density at radius 1 is 1.19 bits per heavy atom. The maximum absolute atomic E-state index is 13.9. The highest BCUT2D eigenvalue weighted by Gasteiger charge is 2.73. The lowest BCUT2D eigenvalue weighted by atomic mass is 9.73. The van der Waals surface area contributed by atoms with E-state index in [1.807, 2.05) is 39.0 Å². The van der Waals surface area contributed by atoms with Crippen molar-refractivity contribution in [2.24, 2.45) is 23.7 Å². The zero-order valence-corrected chi connectivity index (χ0v) is 22.3. The van der Waals surface area contributed by atoms with Crippen molar-refractivity contribution in [1.29, 1.82) is 0 Å². The molecule has 2 N–H and O–H groups in total. The molecular weight excluding hydrogens is 478 g/mol. The maximum atomic E-state index is 13.9. The molecule has 1 aliphatic carbocycles. The number of nitrogens with one attached hydrogen (secondary N) is 2. The van der Waals surface area contributed by atoms with Crippen LogP contribution in [0.3, 0.4) is 0 Å². The number of hydrogen-bond donors (Lipinski definition) is 2. The molecule has 8 heteroatoms. The lowest BCUT2D eigenvalue weighted by Gasteiger charge is -2.38. The van der Waals surface area contributed by atoms with Crippen molar-refractivity contribution < 1.29 is 19.1 Å². The standard InChI is InChI=1S/C28H36ClN3O4/c1-14(2)32-24(26(34)31-20-8-6-7-15(3)17(20)5)28-12-11-21(36-28)22(23(28)27(32)35)25(33)30-18-10-9-16(4)19(29)13-18/h9-15,17,20-24H,6-8H2,1-5H3,(H,30,33)(H,31,34)/t15-,17-,20+,21+,22-,23+,24+,28+/m0/s1. The predicted molar refractivity (Wildman–Crippen MR) is 138 cm³/mol. The summed E-state index contributed by atoms with van der Waals surface area (Å²) >= 11 is 6.25. The number of carbonyl (C=O) groups excluding carboxylic acids is 3. The Kier molecular flexibility index (Phi) is 6.44. The highest BCUT2D eigenvalue weighted by atomic mass is 35.5. The van der Waals surface area contributed by atoms with Crippen molar-refractivity contribution in [3.05, 3.63) is 40.9 Å². The van der Waals surface area contributed by atoms with Gasteiger partial charge in [0.15, 0.2) is 0 Å². The van der Waals surface area contributed by atoms with Gasteiger partial charge in [-0.2, -0.15) is 0 Å². The molecule has 7 nitrogen and oxygen atoms in total. The van der Waals surface area contributed by atoms with Crippen LogP contribution in [-0.4, -0.2) is 52.5 Å². The van der Waals surface area contributed by atoms with Crippen LogP contribution in [0, 0.1) is 30.6 Å². The van der Waals surface area contributed by atoms with Crippen LogP contribution in [0.15, 0.2) is 30.4 Å². The minimum absolute atomic E-state index is 0.0637. The van der Waals surface area contributed by atoms with Gasteiger partial charge in [-0.1, -0.05) is 56.5 Å². The van der Waals surface area contributed by atoms with E-state index in [1.165, 1.54) is 0 Å². The van der Waals surface area contributed by atoms with E-state index in [-0.39, 0.29) is 29.8 Å². The van der Waals surface area contributed by atoms with Gasteiger partial charge in [0, 0.05) is 22.8 Å². The fourth-order valence-electron chi connectivity index (χ4n) is 6.71. The van der Waals surface area contributed by atoms with E-state index < -0.39 is 29.6 Å². The number of amides is 3. The number of nitrogens with zero attached hydrogens (tertiary/aromatic N) is 1. The first-order chi connectivity index (χ1) is 17.0. The number of benzene rings is 1. The number of carbonyl (C=O) groups is 3. The third kappa shape index (κ3) is 3.86. The number of halogens is 1. The minimum atomic E-state index is -1.15. The third-order valence-electron chi connectivity index (χ3n) is 8.89. The number of fused-ring (bicyclic) bond motifs is 1. The first-order valence-electron chi connectivity index (χ1n) is 13.1. The molecule has 5 rings (SSSR count). The van der Waals surface area contributed by atoms with Crippen LogP contribution in [0.2, 0.25) is 5.02 Å². The van der Waals surface area contributed by atoms with Crippen molar-refractivity contribution in [2.75, 3.05) is 5.32 Å². The van der Waals surface area contributed by atoms with E-state index in [1.54, 1.807) is 17.0 Å². The predicted octanol–water partition coefficient (Wildman–Crippen LogP) is 4.09. The van der Waals surface area contributed by atoms with Crippen LogP contribution in [0.5, 0.6) is 0 Å². The van der Waals surface area contributed by atoms with Crippen LogP contribution in [0.4, 0.5) is 5.69 Å². The summed E-state index contributed by atoms with van der Waals surface area (Å²) in [5, 5.41) is 6.75. The Morgan fingerprint density at radius 2 is 1.94 bits per heavy atom. The summed E-state index contributed by atoms with van der Waals surface area (Å²) in [7, 11) is 0. The molecule has 0 unspecified atom stereocenters. The lowest BCUT2D eigenvalue weighted by molar-refractivity contribution is -0.143. The largest absolute Gasteiger partial charge is 0.359 e. The zero-order valence-electron chi connectivity index (χ0n) is 21.6. The van der Waals surface area contributed by atoms with Gasteiger partial charge in [-0.15, -0.1) is 0 Å². The molecule has 1 aromatic carbocycles. The second-order valence-corrected chi connectivity index (χ2v) is 11.8. The van der Waals surface area contributed by atoms with Gasteiger partial charge in [-0.25, -0.2) is 0 Å². The van der Waals surface area contributed by atoms with E-state index in [2.05, 4.69) is 24.5 Å². The van der Waals surface area contributed by atoms with Crippen LogP contribution < -0.4 is 10.6 Å². The Balaban J connectivity index is 1.43. The number of rotatable bonds is 5. The van der Waals surface area contributed by atoms with Crippen molar-refractivity contribution >= 4 is 35.0 Å². The molecule has 0 aromatic heterocycles. The first-order valence-corrected chi connectivity index (χ1v) is 13.5. The molecule has 194 valence electrons. The Hall–Kier alpha value is -2.38. The van der Waals surface area contributed by atoms with Gasteiger partial charge in [0.2, 0.25) is 17.7 Å². The molecule has 36 heavy (non-hydrogen) atoms. The molecule has 3 amide bonds. The van der Waals surface area contributed by atoms with E-state index in [9.17, 15) is 14.4 Å². The van der Waals surface area contributed by atoms with Gasteiger partial charge < -0.3 is 20.3 Å². The fraction of sp³-hybridized carbons (Fsp3) is 0.607. The first kappa shape index (κ1) is 25.3. The van der Waals surface area contributed by atoms with Crippen molar-refractivity contribution in [3.63, 3.8) is 0 Å².